The number of likely N-dealkylation sites (N-methyl/N-ethyl adjacent to an activating group) is 1. The number of carbonyl (C=O) groups excluding carboxylic acids is 1. The lowest BCUT2D eigenvalue weighted by atomic mass is 9.54. The molecule has 1 aliphatic carbocycles. The summed E-state index contributed by atoms with van der Waals surface area (Å²) in [4.78, 5) is 14.9. The van der Waals surface area contributed by atoms with E-state index in [2.05, 4.69) is 22.3 Å². The molecule has 0 bridgehead atoms. The third kappa shape index (κ3) is 3.34. The maximum atomic E-state index is 12.8. The molecule has 3 unspecified atom stereocenters. The number of ether oxygens (including phenoxy) is 1. The number of carbonyl (C=O) groups is 1. The maximum Gasteiger partial charge on any atom is 0.240 e. The first kappa shape index (κ1) is 18.9. The van der Waals surface area contributed by atoms with E-state index in [1.165, 1.54) is 5.56 Å². The maximum absolute atomic E-state index is 12.8. The summed E-state index contributed by atoms with van der Waals surface area (Å²) in [5, 5.41) is 3.06. The SMILES string of the molecule is CCOC1CC(N)(C(=O)NCC(c2ccccc2)N(C)C)C1(C)C. The van der Waals surface area contributed by atoms with Gasteiger partial charge in [0.15, 0.2) is 0 Å². The molecule has 0 aliphatic heterocycles. The summed E-state index contributed by atoms with van der Waals surface area (Å²) in [6.45, 7) is 7.16. The van der Waals surface area contributed by atoms with Crippen molar-refractivity contribution in [3.8, 4) is 0 Å². The Hall–Kier alpha value is -1.43. The molecule has 1 aliphatic rings. The highest BCUT2D eigenvalue weighted by Crippen LogP contribution is 2.49. The van der Waals surface area contributed by atoms with Crippen LogP contribution >= 0.6 is 0 Å². The van der Waals surface area contributed by atoms with Crippen LogP contribution in [0.1, 0.15) is 38.8 Å². The molecular formula is C19H31N3O2. The highest BCUT2D eigenvalue weighted by molar-refractivity contribution is 5.88. The molecular weight excluding hydrogens is 302 g/mol. The molecule has 0 saturated heterocycles. The van der Waals surface area contributed by atoms with E-state index in [4.69, 9.17) is 10.5 Å². The molecule has 24 heavy (non-hydrogen) atoms. The monoisotopic (exact) mass is 333 g/mol. The van der Waals surface area contributed by atoms with Gasteiger partial charge >= 0.3 is 0 Å². The number of nitrogens with zero attached hydrogens (tertiary/aromatic N) is 1. The first-order valence-electron chi connectivity index (χ1n) is 8.64. The number of hydrogen-bond donors (Lipinski definition) is 2. The Labute approximate surface area is 145 Å². The predicted octanol–water partition coefficient (Wildman–Crippen LogP) is 1.94. The van der Waals surface area contributed by atoms with Crippen LogP contribution in [0.2, 0.25) is 0 Å². The number of hydrogen-bond acceptors (Lipinski definition) is 4. The molecule has 3 atom stereocenters. The number of nitrogens with two attached hydrogens (primary N) is 1. The summed E-state index contributed by atoms with van der Waals surface area (Å²) in [7, 11) is 4.03. The Bertz CT molecular complexity index is 559. The highest BCUT2D eigenvalue weighted by atomic mass is 16.5. The fourth-order valence-corrected chi connectivity index (χ4v) is 3.44. The summed E-state index contributed by atoms with van der Waals surface area (Å²) in [5.41, 5.74) is 6.37. The lowest BCUT2D eigenvalue weighted by Crippen LogP contribution is -2.76. The van der Waals surface area contributed by atoms with Crippen molar-refractivity contribution in [2.45, 2.75) is 44.9 Å². The minimum Gasteiger partial charge on any atom is -0.378 e. The van der Waals surface area contributed by atoms with Gasteiger partial charge in [0, 0.05) is 25.0 Å². The third-order valence-electron chi connectivity index (χ3n) is 5.50. The quantitative estimate of drug-likeness (QED) is 0.800. The minimum absolute atomic E-state index is 0.0389. The first-order valence-corrected chi connectivity index (χ1v) is 8.64. The van der Waals surface area contributed by atoms with Gasteiger partial charge in [-0.1, -0.05) is 44.2 Å². The first-order chi connectivity index (χ1) is 11.2. The Morgan fingerprint density at radius 3 is 2.50 bits per heavy atom. The van der Waals surface area contributed by atoms with Gasteiger partial charge in [0.25, 0.3) is 0 Å². The van der Waals surface area contributed by atoms with E-state index in [0.717, 1.165) is 0 Å². The smallest absolute Gasteiger partial charge is 0.240 e. The van der Waals surface area contributed by atoms with Crippen LogP contribution in [-0.4, -0.2) is 49.7 Å². The molecule has 1 aromatic carbocycles. The van der Waals surface area contributed by atoms with Crippen LogP contribution in [0.25, 0.3) is 0 Å². The number of amides is 1. The van der Waals surface area contributed by atoms with Gasteiger partial charge in [-0.05, 0) is 26.6 Å². The zero-order valence-corrected chi connectivity index (χ0v) is 15.5. The van der Waals surface area contributed by atoms with Gasteiger partial charge in [-0.15, -0.1) is 0 Å². The average molecular weight is 333 g/mol. The largest absolute Gasteiger partial charge is 0.378 e. The highest BCUT2D eigenvalue weighted by Gasteiger charge is 2.62. The van der Waals surface area contributed by atoms with Gasteiger partial charge in [-0.2, -0.15) is 0 Å². The van der Waals surface area contributed by atoms with E-state index >= 15 is 0 Å². The fraction of sp³-hybridized carbons (Fsp3) is 0.632. The van der Waals surface area contributed by atoms with Crippen molar-refractivity contribution in [2.24, 2.45) is 11.1 Å². The van der Waals surface area contributed by atoms with Crippen molar-refractivity contribution in [3.05, 3.63) is 35.9 Å². The summed E-state index contributed by atoms with van der Waals surface area (Å²) in [6, 6.07) is 10.3. The predicted molar refractivity (Wildman–Crippen MR) is 96.6 cm³/mol. The van der Waals surface area contributed by atoms with Crippen molar-refractivity contribution in [1.29, 1.82) is 0 Å². The molecule has 2 rings (SSSR count). The summed E-state index contributed by atoms with van der Waals surface area (Å²) >= 11 is 0. The van der Waals surface area contributed by atoms with Crippen molar-refractivity contribution in [3.63, 3.8) is 0 Å². The molecule has 3 N–H and O–H groups in total. The zero-order valence-electron chi connectivity index (χ0n) is 15.5. The second-order valence-corrected chi connectivity index (χ2v) is 7.44. The Morgan fingerprint density at radius 2 is 2.00 bits per heavy atom. The van der Waals surface area contributed by atoms with Crippen LogP contribution in [0, 0.1) is 5.41 Å². The van der Waals surface area contributed by atoms with Crippen molar-refractivity contribution >= 4 is 5.91 Å². The van der Waals surface area contributed by atoms with E-state index in [-0.39, 0.29) is 23.5 Å². The second kappa shape index (κ2) is 7.21. The van der Waals surface area contributed by atoms with Gasteiger partial charge in [-0.3, -0.25) is 4.79 Å². The van der Waals surface area contributed by atoms with Gasteiger partial charge in [-0.25, -0.2) is 0 Å². The Kier molecular flexibility index (Phi) is 5.68. The number of nitrogens with one attached hydrogen (secondary N) is 1. The van der Waals surface area contributed by atoms with Crippen LogP contribution in [0.4, 0.5) is 0 Å². The summed E-state index contributed by atoms with van der Waals surface area (Å²) in [5.74, 6) is -0.0914. The fourth-order valence-electron chi connectivity index (χ4n) is 3.44. The Morgan fingerprint density at radius 1 is 1.38 bits per heavy atom. The molecule has 0 spiro atoms. The standard InChI is InChI=1S/C19H31N3O2/c1-6-24-16-12-19(20,18(16,2)3)17(23)21-13-15(22(4)5)14-10-8-7-9-11-14/h7-11,15-16H,6,12-13,20H2,1-5H3,(H,21,23). The summed E-state index contributed by atoms with van der Waals surface area (Å²) < 4.78 is 5.70. The van der Waals surface area contributed by atoms with Gasteiger partial charge in [0.1, 0.15) is 5.54 Å². The average Bonchev–Trinajstić information content (AvgIpc) is 2.55. The molecule has 5 nitrogen and oxygen atoms in total. The zero-order chi connectivity index (χ0) is 18.0. The molecule has 134 valence electrons. The normalized spacial score (nSPS) is 26.7. The lowest BCUT2D eigenvalue weighted by molar-refractivity contribution is -0.170. The van der Waals surface area contributed by atoms with E-state index in [9.17, 15) is 4.79 Å². The van der Waals surface area contributed by atoms with Crippen LogP contribution in [0.5, 0.6) is 0 Å². The van der Waals surface area contributed by atoms with Crippen LogP contribution in [0.3, 0.4) is 0 Å². The van der Waals surface area contributed by atoms with Crippen LogP contribution in [-0.2, 0) is 9.53 Å². The molecule has 5 heteroatoms. The number of rotatable bonds is 7. The number of benzene rings is 1. The molecule has 0 aromatic heterocycles. The van der Waals surface area contributed by atoms with Crippen LogP contribution < -0.4 is 11.1 Å². The van der Waals surface area contributed by atoms with E-state index in [1.807, 2.05) is 53.1 Å². The second-order valence-electron chi connectivity index (χ2n) is 7.44. The van der Waals surface area contributed by atoms with E-state index in [0.29, 0.717) is 19.6 Å². The van der Waals surface area contributed by atoms with Gasteiger partial charge < -0.3 is 20.7 Å². The van der Waals surface area contributed by atoms with Crippen molar-refractivity contribution < 1.29 is 9.53 Å². The van der Waals surface area contributed by atoms with E-state index < -0.39 is 5.54 Å². The topological polar surface area (TPSA) is 67.6 Å². The van der Waals surface area contributed by atoms with E-state index in [1.54, 1.807) is 0 Å². The molecule has 1 aromatic rings. The third-order valence-corrected chi connectivity index (χ3v) is 5.50. The molecule has 1 fully saturated rings. The van der Waals surface area contributed by atoms with Crippen molar-refractivity contribution in [2.75, 3.05) is 27.2 Å². The van der Waals surface area contributed by atoms with Crippen LogP contribution in [0.15, 0.2) is 30.3 Å². The molecule has 0 radical (unpaired) electrons. The minimum atomic E-state index is -0.875. The lowest BCUT2D eigenvalue weighted by Gasteiger charge is -2.57. The Balaban J connectivity index is 2.02. The van der Waals surface area contributed by atoms with Gasteiger partial charge in [0.2, 0.25) is 5.91 Å². The van der Waals surface area contributed by atoms with Gasteiger partial charge in [0.05, 0.1) is 12.1 Å². The summed E-state index contributed by atoms with van der Waals surface area (Å²) in [6.07, 6.45) is 0.606. The molecule has 1 amide bonds. The molecule has 0 heterocycles. The molecule has 1 saturated carbocycles. The van der Waals surface area contributed by atoms with Crippen molar-refractivity contribution in [1.82, 2.24) is 10.2 Å².